The molecule has 274 valence electrons. The lowest BCUT2D eigenvalue weighted by Gasteiger charge is -2.29. The molecular formula is C35H50N6O9. The Morgan fingerprint density at radius 2 is 1.04 bits per heavy atom. The lowest BCUT2D eigenvalue weighted by atomic mass is 9.98. The summed E-state index contributed by atoms with van der Waals surface area (Å²) in [7, 11) is 0. The van der Waals surface area contributed by atoms with E-state index in [1.807, 2.05) is 6.92 Å². The molecule has 0 aliphatic heterocycles. The second kappa shape index (κ2) is 21.3. The summed E-state index contributed by atoms with van der Waals surface area (Å²) in [6.45, 7) is 6.42. The second-order valence-electron chi connectivity index (χ2n) is 12.6. The van der Waals surface area contributed by atoms with Gasteiger partial charge in [-0.3, -0.25) is 30.3 Å². The number of rotatable bonds is 16. The lowest BCUT2D eigenvalue weighted by molar-refractivity contribution is -0.385. The minimum atomic E-state index is -0.431. The number of non-ortho nitro benzene ring substituents is 3. The van der Waals surface area contributed by atoms with Gasteiger partial charge in [-0.1, -0.05) is 40.0 Å². The fraction of sp³-hybridized carbons (Fsp3) is 0.486. The molecule has 0 unspecified atom stereocenters. The van der Waals surface area contributed by atoms with Crippen LogP contribution in [0.3, 0.4) is 0 Å². The van der Waals surface area contributed by atoms with Crippen molar-refractivity contribution in [3.8, 4) is 0 Å². The molecule has 0 bridgehead atoms. The van der Waals surface area contributed by atoms with Crippen molar-refractivity contribution in [2.75, 3.05) is 35.8 Å². The van der Waals surface area contributed by atoms with E-state index in [9.17, 15) is 40.6 Å². The number of hydrogen-bond donors (Lipinski definition) is 6. The zero-order valence-corrected chi connectivity index (χ0v) is 28.9. The molecule has 1 aliphatic rings. The molecule has 0 spiro atoms. The highest BCUT2D eigenvalue weighted by atomic mass is 16.6. The van der Waals surface area contributed by atoms with E-state index in [0.717, 1.165) is 62.0 Å². The minimum Gasteiger partial charge on any atom is -0.394 e. The number of hydrogen-bond acceptors (Lipinski definition) is 12. The van der Waals surface area contributed by atoms with Gasteiger partial charge in [0.1, 0.15) is 0 Å². The molecule has 0 amide bonds. The van der Waals surface area contributed by atoms with Gasteiger partial charge in [0.2, 0.25) is 0 Å². The van der Waals surface area contributed by atoms with Gasteiger partial charge in [0, 0.05) is 65.5 Å². The van der Waals surface area contributed by atoms with E-state index < -0.39 is 14.8 Å². The number of nitrogens with one attached hydrogen (secondary N) is 3. The Hall–Kier alpha value is -4.86. The minimum absolute atomic E-state index is 0.00598. The normalized spacial score (nSPS) is 14.2. The van der Waals surface area contributed by atoms with E-state index in [4.69, 9.17) is 5.11 Å². The number of nitro benzene ring substituents is 3. The standard InChI is InChI=1S/C12H16N2O3.C12H18N2O3.C11H16N2O3/c15-9-12(7-1-2-8-12)13-10-3-5-11(6-4-10)14(16)17;1-9(2)7-11(8-15)13-10-3-5-12(6-4-10)14(16)17;1-2-3-10(8-14)12-9-4-6-11(7-5-9)13(15)16/h3-6,13,15H,1-2,7-9H2;3-6,9,11,13,15H,7-8H2,1-2H3;4-7,10,12,14H,2-3,8H2,1H3/t;11-;10-/m.00/s1. The monoisotopic (exact) mass is 698 g/mol. The van der Waals surface area contributed by atoms with Crippen LogP contribution < -0.4 is 16.0 Å². The summed E-state index contributed by atoms with van der Waals surface area (Å²) in [4.78, 5) is 30.2. The van der Waals surface area contributed by atoms with E-state index in [1.54, 1.807) is 36.4 Å². The summed E-state index contributed by atoms with van der Waals surface area (Å²) in [5, 5.41) is 68.8. The van der Waals surface area contributed by atoms with Gasteiger partial charge in [-0.05, 0) is 68.0 Å². The van der Waals surface area contributed by atoms with Crippen molar-refractivity contribution < 1.29 is 30.1 Å². The Bertz CT molecular complexity index is 1450. The number of anilines is 3. The first-order valence-electron chi connectivity index (χ1n) is 16.7. The molecule has 2 atom stereocenters. The van der Waals surface area contributed by atoms with E-state index in [2.05, 4.69) is 29.8 Å². The molecule has 3 aromatic carbocycles. The van der Waals surface area contributed by atoms with Gasteiger partial charge in [-0.15, -0.1) is 0 Å². The topological polar surface area (TPSA) is 226 Å². The van der Waals surface area contributed by atoms with Crippen LogP contribution in [0.15, 0.2) is 72.8 Å². The van der Waals surface area contributed by atoms with Gasteiger partial charge < -0.3 is 31.3 Å². The smallest absolute Gasteiger partial charge is 0.269 e. The van der Waals surface area contributed by atoms with Crippen LogP contribution in [0.2, 0.25) is 0 Å². The summed E-state index contributed by atoms with van der Waals surface area (Å²) < 4.78 is 0. The van der Waals surface area contributed by atoms with Crippen molar-refractivity contribution in [1.82, 2.24) is 0 Å². The second-order valence-corrected chi connectivity index (χ2v) is 12.6. The van der Waals surface area contributed by atoms with Crippen LogP contribution in [0.1, 0.15) is 65.7 Å². The molecule has 0 saturated heterocycles. The van der Waals surface area contributed by atoms with Crippen LogP contribution in [0.25, 0.3) is 0 Å². The van der Waals surface area contributed by atoms with Gasteiger partial charge in [-0.25, -0.2) is 0 Å². The summed E-state index contributed by atoms with van der Waals surface area (Å²) in [5.41, 5.74) is 2.39. The van der Waals surface area contributed by atoms with Gasteiger partial charge in [0.25, 0.3) is 17.1 Å². The number of benzene rings is 3. The van der Waals surface area contributed by atoms with Gasteiger partial charge >= 0.3 is 0 Å². The van der Waals surface area contributed by atoms with Crippen LogP contribution in [-0.4, -0.2) is 67.5 Å². The maximum atomic E-state index is 10.5. The third-order valence-electron chi connectivity index (χ3n) is 8.08. The molecule has 15 heteroatoms. The van der Waals surface area contributed by atoms with Crippen molar-refractivity contribution in [2.45, 2.75) is 83.3 Å². The van der Waals surface area contributed by atoms with Crippen molar-refractivity contribution in [1.29, 1.82) is 0 Å². The van der Waals surface area contributed by atoms with Crippen LogP contribution in [0.5, 0.6) is 0 Å². The Labute approximate surface area is 292 Å². The zero-order chi connectivity index (χ0) is 37.1. The van der Waals surface area contributed by atoms with Crippen molar-refractivity contribution >= 4 is 34.1 Å². The van der Waals surface area contributed by atoms with E-state index >= 15 is 0 Å². The Balaban J connectivity index is 0.000000260. The van der Waals surface area contributed by atoms with Gasteiger partial charge in [0.15, 0.2) is 0 Å². The molecule has 4 rings (SSSR count). The molecule has 15 nitrogen and oxygen atoms in total. The molecule has 50 heavy (non-hydrogen) atoms. The average Bonchev–Trinajstić information content (AvgIpc) is 3.57. The Kier molecular flexibility index (Phi) is 17.6. The Morgan fingerprint density at radius 3 is 1.36 bits per heavy atom. The highest BCUT2D eigenvalue weighted by Gasteiger charge is 2.32. The molecule has 1 saturated carbocycles. The van der Waals surface area contributed by atoms with Crippen LogP contribution in [-0.2, 0) is 0 Å². The van der Waals surface area contributed by atoms with Crippen LogP contribution >= 0.6 is 0 Å². The highest BCUT2D eigenvalue weighted by molar-refractivity contribution is 5.51. The fourth-order valence-corrected chi connectivity index (χ4v) is 5.48. The molecule has 1 fully saturated rings. The predicted molar refractivity (Wildman–Crippen MR) is 195 cm³/mol. The predicted octanol–water partition coefficient (Wildman–Crippen LogP) is 6.89. The first kappa shape index (κ1) is 41.3. The van der Waals surface area contributed by atoms with Crippen LogP contribution in [0, 0.1) is 36.3 Å². The van der Waals surface area contributed by atoms with Crippen molar-refractivity contribution in [3.63, 3.8) is 0 Å². The number of nitrogens with zero attached hydrogens (tertiary/aromatic N) is 3. The summed E-state index contributed by atoms with van der Waals surface area (Å²) >= 11 is 0. The quantitative estimate of drug-likeness (QED) is 0.0664. The zero-order valence-electron chi connectivity index (χ0n) is 28.9. The molecule has 0 heterocycles. The van der Waals surface area contributed by atoms with Gasteiger partial charge in [0.05, 0.1) is 40.1 Å². The van der Waals surface area contributed by atoms with E-state index in [1.165, 1.54) is 36.4 Å². The summed E-state index contributed by atoms with van der Waals surface area (Å²) in [6, 6.07) is 18.7. The molecule has 0 radical (unpaired) electrons. The first-order chi connectivity index (χ1) is 23.8. The number of nitro groups is 3. The SMILES string of the molecule is CC(C)C[C@@H](CO)Nc1ccc([N+](=O)[O-])cc1.CCC[C@@H](CO)Nc1ccc([N+](=O)[O-])cc1.O=[N+]([O-])c1ccc(NC2(CO)CCCC2)cc1. The number of aliphatic hydroxyl groups is 3. The van der Waals surface area contributed by atoms with E-state index in [0.29, 0.717) is 5.92 Å². The molecule has 3 aromatic rings. The summed E-state index contributed by atoms with van der Waals surface area (Å²) in [5.74, 6) is 0.484. The first-order valence-corrected chi connectivity index (χ1v) is 16.7. The third-order valence-corrected chi connectivity index (χ3v) is 8.08. The fourth-order valence-electron chi connectivity index (χ4n) is 5.48. The van der Waals surface area contributed by atoms with Gasteiger partial charge in [-0.2, -0.15) is 0 Å². The Morgan fingerprint density at radius 1 is 0.660 bits per heavy atom. The maximum Gasteiger partial charge on any atom is 0.269 e. The molecule has 1 aliphatic carbocycles. The number of aliphatic hydroxyl groups excluding tert-OH is 3. The molecule has 0 aromatic heterocycles. The molecule has 6 N–H and O–H groups in total. The van der Waals surface area contributed by atoms with Crippen LogP contribution in [0.4, 0.5) is 34.1 Å². The third kappa shape index (κ3) is 14.3. The largest absolute Gasteiger partial charge is 0.394 e. The lowest BCUT2D eigenvalue weighted by Crippen LogP contribution is -2.38. The maximum absolute atomic E-state index is 10.5. The van der Waals surface area contributed by atoms with Crippen molar-refractivity contribution in [2.24, 2.45) is 5.92 Å². The van der Waals surface area contributed by atoms with Crippen molar-refractivity contribution in [3.05, 3.63) is 103 Å². The molecular weight excluding hydrogens is 648 g/mol. The summed E-state index contributed by atoms with van der Waals surface area (Å²) in [6.07, 6.45) is 6.81. The van der Waals surface area contributed by atoms with E-state index in [-0.39, 0.29) is 54.5 Å². The highest BCUT2D eigenvalue weighted by Crippen LogP contribution is 2.33. The average molecular weight is 699 g/mol.